The van der Waals surface area contributed by atoms with E-state index in [-0.39, 0.29) is 26.9 Å². The van der Waals surface area contributed by atoms with E-state index in [9.17, 15) is 21.6 Å². The van der Waals surface area contributed by atoms with E-state index in [2.05, 4.69) is 4.72 Å². The summed E-state index contributed by atoms with van der Waals surface area (Å²) in [6.07, 6.45) is 1.79. The molecule has 2 heterocycles. The number of nitrogens with two attached hydrogens (primary N) is 1. The SMILES string of the molecule is Cc1c(C(=O)N2CCCC2)c(S(=O)(=O)Nc2ccc(S(N)(=O)=O)cc2)c(C)n1C. The van der Waals surface area contributed by atoms with Gasteiger partial charge in [-0.15, -0.1) is 0 Å². The minimum Gasteiger partial charge on any atom is -0.350 e. The van der Waals surface area contributed by atoms with Crippen LogP contribution in [0.5, 0.6) is 0 Å². The Morgan fingerprint density at radius 3 is 2.07 bits per heavy atom. The zero-order chi connectivity index (χ0) is 21.6. The molecular weight excluding hydrogens is 416 g/mol. The third kappa shape index (κ3) is 4.02. The van der Waals surface area contributed by atoms with Crippen LogP contribution in [-0.2, 0) is 27.1 Å². The fraction of sp³-hybridized carbons (Fsp3) is 0.389. The molecule has 0 spiro atoms. The third-order valence-electron chi connectivity index (χ3n) is 5.23. The Balaban J connectivity index is 2.02. The van der Waals surface area contributed by atoms with Gasteiger partial charge in [-0.2, -0.15) is 0 Å². The standard InChI is InChI=1S/C18H24N4O5S2/c1-12-16(18(23)22-10-4-5-11-22)17(13(2)21(12)3)29(26,27)20-14-6-8-15(9-7-14)28(19,24)25/h6-9,20H,4-5,10-11H2,1-3H3,(H2,19,24,25). The van der Waals surface area contributed by atoms with Crippen LogP contribution in [0.1, 0.15) is 34.6 Å². The molecule has 0 radical (unpaired) electrons. The van der Waals surface area contributed by atoms with E-state index < -0.39 is 20.0 Å². The first kappa shape index (κ1) is 21.3. The maximum atomic E-state index is 13.2. The highest BCUT2D eigenvalue weighted by atomic mass is 32.2. The molecule has 1 fully saturated rings. The van der Waals surface area contributed by atoms with E-state index in [1.54, 1.807) is 30.4 Å². The van der Waals surface area contributed by atoms with Crippen LogP contribution in [-0.4, -0.2) is 45.3 Å². The summed E-state index contributed by atoms with van der Waals surface area (Å²) in [6, 6.07) is 5.05. The van der Waals surface area contributed by atoms with E-state index in [0.29, 0.717) is 24.5 Å². The third-order valence-corrected chi connectivity index (χ3v) is 7.71. The van der Waals surface area contributed by atoms with Crippen LogP contribution >= 0.6 is 0 Å². The number of rotatable bonds is 5. The predicted molar refractivity (Wildman–Crippen MR) is 109 cm³/mol. The molecule has 1 aromatic carbocycles. The minimum absolute atomic E-state index is 0.0649. The van der Waals surface area contributed by atoms with Gasteiger partial charge < -0.3 is 9.47 Å². The van der Waals surface area contributed by atoms with E-state index in [1.165, 1.54) is 24.3 Å². The van der Waals surface area contributed by atoms with Crippen LogP contribution in [0.15, 0.2) is 34.1 Å². The Hall–Kier alpha value is -2.37. The number of amides is 1. The van der Waals surface area contributed by atoms with Crippen molar-refractivity contribution in [3.05, 3.63) is 41.2 Å². The van der Waals surface area contributed by atoms with Crippen LogP contribution in [0.3, 0.4) is 0 Å². The monoisotopic (exact) mass is 440 g/mol. The number of carbonyl (C=O) groups excluding carboxylic acids is 1. The second-order valence-electron chi connectivity index (χ2n) is 7.11. The van der Waals surface area contributed by atoms with Crippen molar-refractivity contribution in [2.75, 3.05) is 17.8 Å². The van der Waals surface area contributed by atoms with Gasteiger partial charge in [0.1, 0.15) is 4.90 Å². The quantitative estimate of drug-likeness (QED) is 0.724. The van der Waals surface area contributed by atoms with E-state index in [4.69, 9.17) is 5.14 Å². The first-order valence-corrected chi connectivity index (χ1v) is 12.1. The molecule has 0 saturated carbocycles. The summed E-state index contributed by atoms with van der Waals surface area (Å²) in [5.41, 5.74) is 1.35. The van der Waals surface area contributed by atoms with Gasteiger partial charge in [-0.05, 0) is 51.0 Å². The number of hydrogen-bond donors (Lipinski definition) is 2. The molecule has 3 rings (SSSR count). The molecule has 0 unspecified atom stereocenters. The molecule has 158 valence electrons. The number of nitrogens with one attached hydrogen (secondary N) is 1. The van der Waals surface area contributed by atoms with E-state index in [0.717, 1.165) is 12.8 Å². The summed E-state index contributed by atoms with van der Waals surface area (Å²) in [6.45, 7) is 4.57. The largest absolute Gasteiger partial charge is 0.350 e. The van der Waals surface area contributed by atoms with Crippen molar-refractivity contribution in [2.45, 2.75) is 36.5 Å². The molecule has 1 aliphatic heterocycles. The number of carbonyl (C=O) groups is 1. The van der Waals surface area contributed by atoms with E-state index >= 15 is 0 Å². The number of hydrogen-bond acceptors (Lipinski definition) is 5. The fourth-order valence-corrected chi connectivity index (χ4v) is 5.59. The van der Waals surface area contributed by atoms with Crippen molar-refractivity contribution < 1.29 is 21.6 Å². The first-order valence-electron chi connectivity index (χ1n) is 9.04. The number of anilines is 1. The molecule has 9 nitrogen and oxygen atoms in total. The van der Waals surface area contributed by atoms with Crippen molar-refractivity contribution in [1.82, 2.24) is 9.47 Å². The highest BCUT2D eigenvalue weighted by molar-refractivity contribution is 7.92. The van der Waals surface area contributed by atoms with E-state index in [1.807, 2.05) is 0 Å². The predicted octanol–water partition coefficient (Wildman–Crippen LogP) is 1.33. The molecule has 0 bridgehead atoms. The van der Waals surface area contributed by atoms with Gasteiger partial charge in [-0.1, -0.05) is 0 Å². The molecule has 3 N–H and O–H groups in total. The highest BCUT2D eigenvalue weighted by Gasteiger charge is 2.33. The second kappa shape index (κ2) is 7.47. The highest BCUT2D eigenvalue weighted by Crippen LogP contribution is 2.30. The fourth-order valence-electron chi connectivity index (χ4n) is 3.49. The lowest BCUT2D eigenvalue weighted by Gasteiger charge is -2.17. The first-order chi connectivity index (χ1) is 13.4. The molecule has 29 heavy (non-hydrogen) atoms. The van der Waals surface area contributed by atoms with Crippen LogP contribution in [0.2, 0.25) is 0 Å². The van der Waals surface area contributed by atoms with Gasteiger partial charge in [-0.3, -0.25) is 9.52 Å². The van der Waals surface area contributed by atoms with Crippen molar-refractivity contribution >= 4 is 31.6 Å². The molecule has 1 amide bonds. The van der Waals surface area contributed by atoms with Crippen molar-refractivity contribution in [3.8, 4) is 0 Å². The van der Waals surface area contributed by atoms with Crippen LogP contribution < -0.4 is 9.86 Å². The van der Waals surface area contributed by atoms with Gasteiger partial charge in [-0.25, -0.2) is 22.0 Å². The number of sulfonamides is 2. The number of benzene rings is 1. The summed E-state index contributed by atoms with van der Waals surface area (Å²) in [5, 5.41) is 5.07. The molecule has 1 saturated heterocycles. The maximum Gasteiger partial charge on any atom is 0.264 e. The number of nitrogens with zero attached hydrogens (tertiary/aromatic N) is 2. The number of likely N-dealkylation sites (tertiary alicyclic amines) is 1. The number of primary sulfonamides is 1. The summed E-state index contributed by atoms with van der Waals surface area (Å²) < 4.78 is 53.2. The average molecular weight is 441 g/mol. The molecule has 1 aromatic heterocycles. The Labute approximate surface area is 170 Å². The molecule has 0 atom stereocenters. The Bertz CT molecular complexity index is 1160. The molecule has 11 heteroatoms. The Morgan fingerprint density at radius 2 is 1.55 bits per heavy atom. The lowest BCUT2D eigenvalue weighted by atomic mass is 10.2. The van der Waals surface area contributed by atoms with Crippen LogP contribution in [0, 0.1) is 13.8 Å². The van der Waals surface area contributed by atoms with Crippen molar-refractivity contribution in [1.29, 1.82) is 0 Å². The summed E-state index contributed by atoms with van der Waals surface area (Å²) >= 11 is 0. The van der Waals surface area contributed by atoms with Gasteiger partial charge in [0.2, 0.25) is 10.0 Å². The van der Waals surface area contributed by atoms with Gasteiger partial charge in [0.25, 0.3) is 15.9 Å². The average Bonchev–Trinajstić information content (AvgIpc) is 3.24. The van der Waals surface area contributed by atoms with Crippen LogP contribution in [0.25, 0.3) is 0 Å². The van der Waals surface area contributed by atoms with Crippen molar-refractivity contribution in [3.63, 3.8) is 0 Å². The second-order valence-corrected chi connectivity index (χ2v) is 10.3. The molecule has 2 aromatic rings. The van der Waals surface area contributed by atoms with Crippen LogP contribution in [0.4, 0.5) is 5.69 Å². The van der Waals surface area contributed by atoms with Gasteiger partial charge >= 0.3 is 0 Å². The normalized spacial score (nSPS) is 15.0. The van der Waals surface area contributed by atoms with Gasteiger partial charge in [0.05, 0.1) is 10.5 Å². The Kier molecular flexibility index (Phi) is 5.50. The minimum atomic E-state index is -4.10. The summed E-state index contributed by atoms with van der Waals surface area (Å²) in [4.78, 5) is 14.5. The van der Waals surface area contributed by atoms with Gasteiger partial charge in [0, 0.05) is 37.2 Å². The smallest absolute Gasteiger partial charge is 0.264 e. The maximum absolute atomic E-state index is 13.2. The molecule has 0 aliphatic carbocycles. The summed E-state index contributed by atoms with van der Waals surface area (Å²) in [7, 11) is -6.27. The zero-order valence-electron chi connectivity index (χ0n) is 16.5. The van der Waals surface area contributed by atoms with Crippen molar-refractivity contribution in [2.24, 2.45) is 12.2 Å². The lowest BCUT2D eigenvalue weighted by Crippen LogP contribution is -2.30. The zero-order valence-corrected chi connectivity index (χ0v) is 18.1. The molecular formula is C18H24N4O5S2. The number of aromatic nitrogens is 1. The Morgan fingerprint density at radius 1 is 1.00 bits per heavy atom. The topological polar surface area (TPSA) is 132 Å². The molecule has 1 aliphatic rings. The lowest BCUT2D eigenvalue weighted by molar-refractivity contribution is 0.0788. The summed E-state index contributed by atoms with van der Waals surface area (Å²) in [5.74, 6) is -0.298. The van der Waals surface area contributed by atoms with Gasteiger partial charge in [0.15, 0.2) is 0 Å².